The predicted molar refractivity (Wildman–Crippen MR) is 108 cm³/mol. The number of amides is 2. The molecule has 0 radical (unpaired) electrons. The highest BCUT2D eigenvalue weighted by Crippen LogP contribution is 2.33. The van der Waals surface area contributed by atoms with Crippen molar-refractivity contribution in [3.05, 3.63) is 84.6 Å². The summed E-state index contributed by atoms with van der Waals surface area (Å²) in [6.07, 6.45) is 9.13. The molecule has 6 heteroatoms. The van der Waals surface area contributed by atoms with Crippen LogP contribution in [0.15, 0.2) is 73.5 Å². The minimum atomic E-state index is -0.316. The summed E-state index contributed by atoms with van der Waals surface area (Å²) in [5.41, 5.74) is 3.68. The highest BCUT2D eigenvalue weighted by Gasteiger charge is 2.28. The topological polar surface area (TPSA) is 67.2 Å². The number of hydrogen-bond acceptors (Lipinski definition) is 3. The molecule has 0 saturated heterocycles. The van der Waals surface area contributed by atoms with E-state index >= 15 is 0 Å². The van der Waals surface area contributed by atoms with Gasteiger partial charge >= 0.3 is 0 Å². The highest BCUT2D eigenvalue weighted by molar-refractivity contribution is 5.92. The maximum atomic E-state index is 12.7. The monoisotopic (exact) mass is 372 g/mol. The number of benzene rings is 2. The summed E-state index contributed by atoms with van der Waals surface area (Å²) in [6.45, 7) is 1.51. The Morgan fingerprint density at radius 3 is 2.61 bits per heavy atom. The van der Waals surface area contributed by atoms with Gasteiger partial charge < -0.3 is 14.8 Å². The molecule has 2 amide bonds. The molecule has 3 aromatic rings. The SMILES string of the molecule is CC(=O)N1C=Cc2ccccc2C1CC(=O)Nc1ccc(-n2ccnc2)cc1. The van der Waals surface area contributed by atoms with E-state index in [0.717, 1.165) is 16.8 Å². The fraction of sp³-hybridized carbons (Fsp3) is 0.136. The Balaban J connectivity index is 1.49. The van der Waals surface area contributed by atoms with E-state index in [1.54, 1.807) is 23.6 Å². The summed E-state index contributed by atoms with van der Waals surface area (Å²) in [6, 6.07) is 15.0. The Labute approximate surface area is 163 Å². The number of carbonyl (C=O) groups is 2. The standard InChI is InChI=1S/C22H20N4O2/c1-16(27)26-12-10-17-4-2-3-5-20(17)21(26)14-22(28)24-18-6-8-19(9-7-18)25-13-11-23-15-25/h2-13,15,21H,14H2,1H3,(H,24,28). The molecule has 1 aliphatic heterocycles. The van der Waals surface area contributed by atoms with Gasteiger partial charge in [0.1, 0.15) is 0 Å². The van der Waals surface area contributed by atoms with Gasteiger partial charge in [0.15, 0.2) is 0 Å². The summed E-state index contributed by atoms with van der Waals surface area (Å²) in [5.74, 6) is -0.232. The van der Waals surface area contributed by atoms with Gasteiger partial charge in [0, 0.05) is 36.9 Å². The van der Waals surface area contributed by atoms with Crippen molar-refractivity contribution >= 4 is 23.6 Å². The first kappa shape index (κ1) is 17.7. The number of fused-ring (bicyclic) bond motifs is 1. The average molecular weight is 372 g/mol. The average Bonchev–Trinajstić information content (AvgIpc) is 3.23. The zero-order valence-electron chi connectivity index (χ0n) is 15.4. The van der Waals surface area contributed by atoms with Crippen molar-refractivity contribution in [3.63, 3.8) is 0 Å². The number of rotatable bonds is 4. The molecule has 1 unspecified atom stereocenters. The summed E-state index contributed by atoms with van der Waals surface area (Å²) < 4.78 is 1.89. The first-order valence-electron chi connectivity index (χ1n) is 9.06. The van der Waals surface area contributed by atoms with E-state index in [4.69, 9.17) is 0 Å². The highest BCUT2D eigenvalue weighted by atomic mass is 16.2. The Bertz CT molecular complexity index is 1020. The van der Waals surface area contributed by atoms with Crippen LogP contribution < -0.4 is 5.32 Å². The third-order valence-corrected chi connectivity index (χ3v) is 4.80. The zero-order chi connectivity index (χ0) is 19.5. The molecule has 4 rings (SSSR count). The lowest BCUT2D eigenvalue weighted by Crippen LogP contribution is -2.33. The van der Waals surface area contributed by atoms with Crippen LogP contribution in [0, 0.1) is 0 Å². The second kappa shape index (κ2) is 7.52. The van der Waals surface area contributed by atoms with Crippen molar-refractivity contribution in [1.29, 1.82) is 0 Å². The molecule has 0 fully saturated rings. The molecule has 0 bridgehead atoms. The van der Waals surface area contributed by atoms with Gasteiger partial charge in [0.05, 0.1) is 18.8 Å². The van der Waals surface area contributed by atoms with Crippen molar-refractivity contribution in [1.82, 2.24) is 14.5 Å². The van der Waals surface area contributed by atoms with Crippen LogP contribution in [-0.2, 0) is 9.59 Å². The van der Waals surface area contributed by atoms with Crippen LogP contribution in [-0.4, -0.2) is 26.3 Å². The van der Waals surface area contributed by atoms with Gasteiger partial charge in [-0.25, -0.2) is 4.98 Å². The van der Waals surface area contributed by atoms with Crippen molar-refractivity contribution in [2.45, 2.75) is 19.4 Å². The maximum Gasteiger partial charge on any atom is 0.226 e. The van der Waals surface area contributed by atoms with Crippen LogP contribution in [0.25, 0.3) is 11.8 Å². The van der Waals surface area contributed by atoms with E-state index in [9.17, 15) is 9.59 Å². The predicted octanol–water partition coefficient (Wildman–Crippen LogP) is 3.78. The Morgan fingerprint density at radius 2 is 1.89 bits per heavy atom. The summed E-state index contributed by atoms with van der Waals surface area (Å²) in [5, 5.41) is 2.93. The van der Waals surface area contributed by atoms with E-state index in [-0.39, 0.29) is 24.3 Å². The molecule has 1 N–H and O–H groups in total. The number of hydrogen-bond donors (Lipinski definition) is 1. The van der Waals surface area contributed by atoms with Gasteiger partial charge in [-0.2, -0.15) is 0 Å². The van der Waals surface area contributed by atoms with E-state index < -0.39 is 0 Å². The van der Waals surface area contributed by atoms with Gasteiger partial charge in [0.2, 0.25) is 11.8 Å². The van der Waals surface area contributed by atoms with Crippen LogP contribution in [0.5, 0.6) is 0 Å². The van der Waals surface area contributed by atoms with Gasteiger partial charge in [0.25, 0.3) is 0 Å². The number of anilines is 1. The lowest BCUT2D eigenvalue weighted by atomic mass is 9.93. The summed E-state index contributed by atoms with van der Waals surface area (Å²) >= 11 is 0. The second-order valence-electron chi connectivity index (χ2n) is 6.66. The largest absolute Gasteiger partial charge is 0.326 e. The molecule has 0 spiro atoms. The number of aromatic nitrogens is 2. The lowest BCUT2D eigenvalue weighted by Gasteiger charge is -2.32. The van der Waals surface area contributed by atoms with Crippen molar-refractivity contribution in [2.24, 2.45) is 0 Å². The molecule has 1 aliphatic rings. The quantitative estimate of drug-likeness (QED) is 0.758. The first-order chi connectivity index (χ1) is 13.6. The Hall–Kier alpha value is -3.67. The van der Waals surface area contributed by atoms with E-state index in [1.165, 1.54) is 6.92 Å². The van der Waals surface area contributed by atoms with Crippen LogP contribution in [0.2, 0.25) is 0 Å². The van der Waals surface area contributed by atoms with Crippen LogP contribution >= 0.6 is 0 Å². The number of imidazole rings is 1. The van der Waals surface area contributed by atoms with Gasteiger partial charge in [-0.3, -0.25) is 9.59 Å². The van der Waals surface area contributed by atoms with Crippen molar-refractivity contribution in [3.8, 4) is 5.69 Å². The second-order valence-corrected chi connectivity index (χ2v) is 6.66. The first-order valence-corrected chi connectivity index (χ1v) is 9.06. The summed E-state index contributed by atoms with van der Waals surface area (Å²) in [4.78, 5) is 30.4. The molecule has 6 nitrogen and oxygen atoms in total. The van der Waals surface area contributed by atoms with Crippen molar-refractivity contribution in [2.75, 3.05) is 5.32 Å². The Morgan fingerprint density at radius 1 is 1.11 bits per heavy atom. The molecule has 28 heavy (non-hydrogen) atoms. The number of carbonyl (C=O) groups excluding carboxylic acids is 2. The lowest BCUT2D eigenvalue weighted by molar-refractivity contribution is -0.129. The van der Waals surface area contributed by atoms with Crippen LogP contribution in [0.3, 0.4) is 0 Å². The van der Waals surface area contributed by atoms with Crippen LogP contribution in [0.4, 0.5) is 5.69 Å². The minimum Gasteiger partial charge on any atom is -0.326 e. The van der Waals surface area contributed by atoms with Gasteiger partial charge in [-0.1, -0.05) is 24.3 Å². The fourth-order valence-corrected chi connectivity index (χ4v) is 3.43. The molecule has 2 aromatic carbocycles. The maximum absolute atomic E-state index is 12.7. The molecule has 1 atom stereocenters. The van der Waals surface area contributed by atoms with Crippen LogP contribution in [0.1, 0.15) is 30.5 Å². The fourth-order valence-electron chi connectivity index (χ4n) is 3.43. The summed E-state index contributed by atoms with van der Waals surface area (Å²) in [7, 11) is 0. The number of nitrogens with zero attached hydrogens (tertiary/aromatic N) is 3. The third-order valence-electron chi connectivity index (χ3n) is 4.80. The Kier molecular flexibility index (Phi) is 4.76. The third kappa shape index (κ3) is 3.57. The molecule has 140 valence electrons. The normalized spacial score (nSPS) is 15.2. The molecule has 1 aromatic heterocycles. The zero-order valence-corrected chi connectivity index (χ0v) is 15.4. The van der Waals surface area contributed by atoms with E-state index in [0.29, 0.717) is 5.69 Å². The molecular formula is C22H20N4O2. The van der Waals surface area contributed by atoms with Gasteiger partial charge in [-0.15, -0.1) is 0 Å². The smallest absolute Gasteiger partial charge is 0.226 e. The number of nitrogens with one attached hydrogen (secondary N) is 1. The minimum absolute atomic E-state index is 0.0896. The van der Waals surface area contributed by atoms with E-state index in [1.807, 2.05) is 65.4 Å². The van der Waals surface area contributed by atoms with Gasteiger partial charge in [-0.05, 0) is 41.5 Å². The molecule has 0 aliphatic carbocycles. The van der Waals surface area contributed by atoms with E-state index in [2.05, 4.69) is 10.3 Å². The molecule has 0 saturated carbocycles. The molecule has 2 heterocycles. The molecular weight excluding hydrogens is 352 g/mol. The van der Waals surface area contributed by atoms with Crippen molar-refractivity contribution < 1.29 is 9.59 Å².